The van der Waals surface area contributed by atoms with Gasteiger partial charge >= 0.3 is 0 Å². The van der Waals surface area contributed by atoms with Crippen LogP contribution in [0.2, 0.25) is 0 Å². The van der Waals surface area contributed by atoms with E-state index >= 15 is 0 Å². The lowest BCUT2D eigenvalue weighted by Crippen LogP contribution is -2.18. The first-order chi connectivity index (χ1) is 6.24. The highest BCUT2D eigenvalue weighted by Crippen LogP contribution is 2.23. The second-order valence-corrected chi connectivity index (χ2v) is 4.48. The van der Waals surface area contributed by atoms with E-state index in [1.807, 2.05) is 0 Å². The molecule has 0 fully saturated rings. The van der Waals surface area contributed by atoms with Gasteiger partial charge in [-0.2, -0.15) is 11.3 Å². The van der Waals surface area contributed by atoms with Crippen molar-refractivity contribution in [2.75, 3.05) is 0 Å². The van der Waals surface area contributed by atoms with Gasteiger partial charge in [0.25, 0.3) is 0 Å². The Labute approximate surface area is 85.0 Å². The molecule has 1 rings (SSSR count). The number of hydrogen-bond acceptors (Lipinski definition) is 2. The van der Waals surface area contributed by atoms with Crippen molar-refractivity contribution < 1.29 is 0 Å². The van der Waals surface area contributed by atoms with Crippen LogP contribution in [0.25, 0.3) is 0 Å². The Morgan fingerprint density at radius 1 is 1.46 bits per heavy atom. The van der Waals surface area contributed by atoms with E-state index in [1.165, 1.54) is 12.0 Å². The van der Waals surface area contributed by atoms with Gasteiger partial charge in [-0.1, -0.05) is 13.8 Å². The topological polar surface area (TPSA) is 26.0 Å². The van der Waals surface area contributed by atoms with Crippen LogP contribution in [-0.4, -0.2) is 6.04 Å². The van der Waals surface area contributed by atoms with Crippen LogP contribution in [-0.2, 0) is 0 Å². The molecule has 0 amide bonds. The van der Waals surface area contributed by atoms with Crippen molar-refractivity contribution in [2.45, 2.75) is 45.1 Å². The molecule has 2 unspecified atom stereocenters. The van der Waals surface area contributed by atoms with Crippen molar-refractivity contribution in [3.05, 3.63) is 22.4 Å². The Morgan fingerprint density at radius 3 is 2.77 bits per heavy atom. The summed E-state index contributed by atoms with van der Waals surface area (Å²) in [5.74, 6) is 0.670. The lowest BCUT2D eigenvalue weighted by molar-refractivity contribution is 0.531. The summed E-state index contributed by atoms with van der Waals surface area (Å²) in [6.07, 6.45) is 3.45. The SMILES string of the molecule is CCC(N)CCC(C)c1ccsc1. The second kappa shape index (κ2) is 5.40. The van der Waals surface area contributed by atoms with Gasteiger partial charge < -0.3 is 5.73 Å². The quantitative estimate of drug-likeness (QED) is 0.769. The molecule has 74 valence electrons. The van der Waals surface area contributed by atoms with Crippen molar-refractivity contribution in [1.82, 2.24) is 0 Å². The van der Waals surface area contributed by atoms with Crippen molar-refractivity contribution >= 4 is 11.3 Å². The summed E-state index contributed by atoms with van der Waals surface area (Å²) >= 11 is 1.78. The van der Waals surface area contributed by atoms with Crippen LogP contribution in [0.1, 0.15) is 44.6 Å². The highest BCUT2D eigenvalue weighted by atomic mass is 32.1. The molecule has 1 aromatic heterocycles. The van der Waals surface area contributed by atoms with Gasteiger partial charge in [0, 0.05) is 6.04 Å². The minimum absolute atomic E-state index is 0.390. The Balaban J connectivity index is 2.30. The molecule has 1 heterocycles. The zero-order valence-electron chi connectivity index (χ0n) is 8.49. The molecule has 0 aliphatic rings. The maximum atomic E-state index is 5.88. The van der Waals surface area contributed by atoms with E-state index in [9.17, 15) is 0 Å². The van der Waals surface area contributed by atoms with Crippen molar-refractivity contribution in [1.29, 1.82) is 0 Å². The van der Waals surface area contributed by atoms with Crippen LogP contribution in [0.5, 0.6) is 0 Å². The summed E-state index contributed by atoms with van der Waals surface area (Å²) in [5.41, 5.74) is 7.34. The lowest BCUT2D eigenvalue weighted by atomic mass is 9.96. The first-order valence-electron chi connectivity index (χ1n) is 5.01. The molecule has 2 heteroatoms. The van der Waals surface area contributed by atoms with Crippen LogP contribution in [0.3, 0.4) is 0 Å². The van der Waals surface area contributed by atoms with E-state index < -0.39 is 0 Å². The maximum absolute atomic E-state index is 5.88. The third-order valence-corrected chi connectivity index (χ3v) is 3.31. The molecule has 0 spiro atoms. The van der Waals surface area contributed by atoms with E-state index in [0.717, 1.165) is 12.8 Å². The molecule has 0 saturated carbocycles. The summed E-state index contributed by atoms with van der Waals surface area (Å²) in [6.45, 7) is 4.43. The third-order valence-electron chi connectivity index (χ3n) is 2.61. The minimum Gasteiger partial charge on any atom is -0.328 e. The molecule has 0 saturated heterocycles. The zero-order chi connectivity index (χ0) is 9.68. The fourth-order valence-electron chi connectivity index (χ4n) is 1.39. The van der Waals surface area contributed by atoms with Crippen LogP contribution in [0, 0.1) is 0 Å². The lowest BCUT2D eigenvalue weighted by Gasteiger charge is -2.12. The van der Waals surface area contributed by atoms with E-state index in [4.69, 9.17) is 5.73 Å². The summed E-state index contributed by atoms with van der Waals surface area (Å²) in [7, 11) is 0. The van der Waals surface area contributed by atoms with Gasteiger partial charge in [-0.25, -0.2) is 0 Å². The monoisotopic (exact) mass is 197 g/mol. The van der Waals surface area contributed by atoms with E-state index in [0.29, 0.717) is 12.0 Å². The molecular formula is C11H19NS. The van der Waals surface area contributed by atoms with Crippen molar-refractivity contribution in [3.8, 4) is 0 Å². The van der Waals surface area contributed by atoms with Gasteiger partial charge in [-0.3, -0.25) is 0 Å². The van der Waals surface area contributed by atoms with Crippen molar-refractivity contribution in [3.63, 3.8) is 0 Å². The summed E-state index contributed by atoms with van der Waals surface area (Å²) in [6, 6.07) is 2.60. The highest BCUT2D eigenvalue weighted by molar-refractivity contribution is 7.07. The maximum Gasteiger partial charge on any atom is 0.00364 e. The molecule has 0 bridgehead atoms. The largest absolute Gasteiger partial charge is 0.328 e. The number of thiophene rings is 1. The summed E-state index contributed by atoms with van der Waals surface area (Å²) in [5, 5.41) is 4.38. The van der Waals surface area contributed by atoms with Crippen LogP contribution >= 0.6 is 11.3 Å². The third kappa shape index (κ3) is 3.49. The van der Waals surface area contributed by atoms with E-state index in [-0.39, 0.29) is 0 Å². The molecular weight excluding hydrogens is 178 g/mol. The average molecular weight is 197 g/mol. The Morgan fingerprint density at radius 2 is 2.23 bits per heavy atom. The normalized spacial score (nSPS) is 15.6. The predicted molar refractivity (Wildman–Crippen MR) is 60.2 cm³/mol. The Bertz CT molecular complexity index is 218. The molecule has 13 heavy (non-hydrogen) atoms. The number of rotatable bonds is 5. The van der Waals surface area contributed by atoms with Gasteiger partial charge in [0.1, 0.15) is 0 Å². The number of nitrogens with two attached hydrogens (primary N) is 1. The standard InChI is InChI=1S/C11H19NS/c1-3-11(12)5-4-9(2)10-6-7-13-8-10/h6-9,11H,3-5,12H2,1-2H3. The molecule has 1 aromatic rings. The minimum atomic E-state index is 0.390. The van der Waals surface area contributed by atoms with Crippen LogP contribution in [0.4, 0.5) is 0 Å². The fraction of sp³-hybridized carbons (Fsp3) is 0.636. The Hall–Kier alpha value is -0.340. The molecule has 0 aliphatic heterocycles. The predicted octanol–water partition coefficient (Wildman–Crippen LogP) is 3.37. The number of hydrogen-bond donors (Lipinski definition) is 1. The molecule has 2 atom stereocenters. The van der Waals surface area contributed by atoms with E-state index in [1.54, 1.807) is 11.3 Å². The van der Waals surface area contributed by atoms with Crippen LogP contribution in [0.15, 0.2) is 16.8 Å². The van der Waals surface area contributed by atoms with Crippen LogP contribution < -0.4 is 5.73 Å². The first kappa shape index (κ1) is 10.7. The van der Waals surface area contributed by atoms with Crippen molar-refractivity contribution in [2.24, 2.45) is 5.73 Å². The zero-order valence-corrected chi connectivity index (χ0v) is 9.31. The van der Waals surface area contributed by atoms with Gasteiger partial charge in [-0.15, -0.1) is 0 Å². The summed E-state index contributed by atoms with van der Waals surface area (Å²) in [4.78, 5) is 0. The summed E-state index contributed by atoms with van der Waals surface area (Å²) < 4.78 is 0. The smallest absolute Gasteiger partial charge is 0.00364 e. The molecule has 0 radical (unpaired) electrons. The van der Waals surface area contributed by atoms with Gasteiger partial charge in [0.2, 0.25) is 0 Å². The average Bonchev–Trinajstić information content (AvgIpc) is 2.66. The van der Waals surface area contributed by atoms with Gasteiger partial charge in [0.05, 0.1) is 0 Å². The van der Waals surface area contributed by atoms with Gasteiger partial charge in [-0.05, 0) is 47.6 Å². The fourth-order valence-corrected chi connectivity index (χ4v) is 2.17. The molecule has 0 aliphatic carbocycles. The Kier molecular flexibility index (Phi) is 4.46. The molecule has 0 aromatic carbocycles. The first-order valence-corrected chi connectivity index (χ1v) is 5.96. The molecule has 2 N–H and O–H groups in total. The second-order valence-electron chi connectivity index (χ2n) is 3.70. The molecule has 1 nitrogen and oxygen atoms in total. The highest BCUT2D eigenvalue weighted by Gasteiger charge is 2.07. The van der Waals surface area contributed by atoms with Gasteiger partial charge in [0.15, 0.2) is 0 Å². The van der Waals surface area contributed by atoms with E-state index in [2.05, 4.69) is 30.7 Å².